The summed E-state index contributed by atoms with van der Waals surface area (Å²) in [6.45, 7) is 1.19. The van der Waals surface area contributed by atoms with Gasteiger partial charge in [-0.1, -0.05) is 48.5 Å². The normalized spacial score (nSPS) is 17.1. The van der Waals surface area contributed by atoms with Crippen LogP contribution >= 0.6 is 0 Å². The molecule has 0 bridgehead atoms. The largest absolute Gasteiger partial charge is 0.508 e. The second-order valence-electron chi connectivity index (χ2n) is 6.94. The van der Waals surface area contributed by atoms with Crippen LogP contribution in [0, 0.1) is 5.92 Å². The van der Waals surface area contributed by atoms with Gasteiger partial charge in [-0.3, -0.25) is 9.59 Å². The maximum atomic E-state index is 12.6. The van der Waals surface area contributed by atoms with Crippen LogP contribution in [0.15, 0.2) is 54.6 Å². The van der Waals surface area contributed by atoms with Crippen LogP contribution in [0.3, 0.4) is 0 Å². The summed E-state index contributed by atoms with van der Waals surface area (Å²) in [7, 11) is 0. The molecular weight excluding hydrogens is 326 g/mol. The summed E-state index contributed by atoms with van der Waals surface area (Å²) in [5.74, 6) is 0.301. The monoisotopic (exact) mass is 351 g/mol. The van der Waals surface area contributed by atoms with Gasteiger partial charge in [-0.2, -0.15) is 0 Å². The highest BCUT2D eigenvalue weighted by molar-refractivity contribution is 5.84. The van der Waals surface area contributed by atoms with Gasteiger partial charge in [0.25, 0.3) is 0 Å². The number of likely N-dealkylation sites (tertiary alicyclic amines) is 1. The van der Waals surface area contributed by atoms with E-state index in [1.807, 2.05) is 36.4 Å². The average Bonchev–Trinajstić information content (AvgIpc) is 2.69. The highest BCUT2D eigenvalue weighted by atomic mass is 16.3. The lowest BCUT2D eigenvalue weighted by Gasteiger charge is -2.32. The van der Waals surface area contributed by atoms with E-state index in [9.17, 15) is 14.7 Å². The quantitative estimate of drug-likeness (QED) is 0.868. The van der Waals surface area contributed by atoms with E-state index >= 15 is 0 Å². The number of hydrogen-bond donors (Lipinski definition) is 1. The molecule has 2 aromatic carbocycles. The summed E-state index contributed by atoms with van der Waals surface area (Å²) in [4.78, 5) is 26.9. The molecule has 4 nitrogen and oxygen atoms in total. The standard InChI is InChI=1S/C22H25NO3/c24-20-11-5-4-9-18(20)15-22(26)23-14-6-10-19(16-23)21(25)13-12-17-7-2-1-3-8-17/h1-5,7-9,11,19,24H,6,10,12-16H2/t19-/m0/s1. The Morgan fingerprint density at radius 3 is 2.54 bits per heavy atom. The molecule has 1 saturated heterocycles. The molecule has 1 N–H and O–H groups in total. The Balaban J connectivity index is 1.54. The second kappa shape index (κ2) is 8.65. The first-order chi connectivity index (χ1) is 12.6. The molecule has 1 amide bonds. The van der Waals surface area contributed by atoms with Gasteiger partial charge in [0.2, 0.25) is 5.91 Å². The van der Waals surface area contributed by atoms with Crippen molar-refractivity contribution in [3.63, 3.8) is 0 Å². The molecule has 0 saturated carbocycles. The highest BCUT2D eigenvalue weighted by Gasteiger charge is 2.28. The number of para-hydroxylation sites is 1. The zero-order chi connectivity index (χ0) is 18.4. The number of amides is 1. The molecule has 0 aromatic heterocycles. The SMILES string of the molecule is O=C(CCc1ccccc1)[C@H]1CCCN(C(=O)Cc2ccccc2O)C1. The summed E-state index contributed by atoms with van der Waals surface area (Å²) in [5.41, 5.74) is 1.80. The molecule has 0 radical (unpaired) electrons. The van der Waals surface area contributed by atoms with Crippen molar-refractivity contribution in [3.05, 3.63) is 65.7 Å². The van der Waals surface area contributed by atoms with Crippen LogP contribution in [-0.4, -0.2) is 34.8 Å². The molecule has 4 heteroatoms. The number of Topliss-reactive ketones (excluding diaryl/α,β-unsaturated/α-hetero) is 1. The third-order valence-electron chi connectivity index (χ3n) is 5.07. The van der Waals surface area contributed by atoms with E-state index in [1.54, 1.807) is 23.1 Å². The zero-order valence-electron chi connectivity index (χ0n) is 14.9. The minimum Gasteiger partial charge on any atom is -0.508 e. The second-order valence-corrected chi connectivity index (χ2v) is 6.94. The lowest BCUT2D eigenvalue weighted by atomic mass is 9.90. The molecule has 1 aliphatic heterocycles. The Hall–Kier alpha value is -2.62. The number of aromatic hydroxyl groups is 1. The number of rotatable bonds is 6. The smallest absolute Gasteiger partial charge is 0.227 e. The van der Waals surface area contributed by atoms with E-state index in [-0.39, 0.29) is 29.8 Å². The number of piperidine rings is 1. The van der Waals surface area contributed by atoms with E-state index < -0.39 is 0 Å². The van der Waals surface area contributed by atoms with Gasteiger partial charge in [0.05, 0.1) is 6.42 Å². The molecule has 1 fully saturated rings. The van der Waals surface area contributed by atoms with Crippen LogP contribution in [0.2, 0.25) is 0 Å². The van der Waals surface area contributed by atoms with Crippen LogP contribution in [-0.2, 0) is 22.4 Å². The number of phenols is 1. The van der Waals surface area contributed by atoms with Gasteiger partial charge in [0.1, 0.15) is 11.5 Å². The number of nitrogens with zero attached hydrogens (tertiary/aromatic N) is 1. The molecule has 1 aliphatic rings. The predicted octanol–water partition coefficient (Wildman–Crippen LogP) is 3.38. The third kappa shape index (κ3) is 4.72. The maximum absolute atomic E-state index is 12.6. The number of carbonyl (C=O) groups is 2. The maximum Gasteiger partial charge on any atom is 0.227 e. The topological polar surface area (TPSA) is 57.6 Å². The van der Waals surface area contributed by atoms with Crippen molar-refractivity contribution in [1.82, 2.24) is 4.90 Å². The molecular formula is C22H25NO3. The van der Waals surface area contributed by atoms with Crippen molar-refractivity contribution < 1.29 is 14.7 Å². The number of carbonyl (C=O) groups excluding carboxylic acids is 2. The van der Waals surface area contributed by atoms with Gasteiger partial charge in [-0.25, -0.2) is 0 Å². The highest BCUT2D eigenvalue weighted by Crippen LogP contribution is 2.22. The van der Waals surface area contributed by atoms with Gasteiger partial charge >= 0.3 is 0 Å². The van der Waals surface area contributed by atoms with Gasteiger partial charge in [-0.05, 0) is 30.9 Å². The minimum atomic E-state index is -0.0687. The zero-order valence-corrected chi connectivity index (χ0v) is 14.9. The average molecular weight is 351 g/mol. The number of ketones is 1. The Kier molecular flexibility index (Phi) is 6.05. The Morgan fingerprint density at radius 2 is 1.77 bits per heavy atom. The fourth-order valence-corrected chi connectivity index (χ4v) is 3.52. The van der Waals surface area contributed by atoms with Crippen LogP contribution < -0.4 is 0 Å². The molecule has 26 heavy (non-hydrogen) atoms. The van der Waals surface area contributed by atoms with Crippen molar-refractivity contribution in [2.45, 2.75) is 32.1 Å². The van der Waals surface area contributed by atoms with Crippen molar-refractivity contribution in [1.29, 1.82) is 0 Å². The lowest BCUT2D eigenvalue weighted by Crippen LogP contribution is -2.43. The summed E-state index contributed by atoms with van der Waals surface area (Å²) in [5, 5.41) is 9.85. The van der Waals surface area contributed by atoms with E-state index in [4.69, 9.17) is 0 Å². The minimum absolute atomic E-state index is 0.0212. The van der Waals surface area contributed by atoms with Crippen LogP contribution in [0.4, 0.5) is 0 Å². The van der Waals surface area contributed by atoms with Crippen LogP contribution in [0.1, 0.15) is 30.4 Å². The molecule has 3 rings (SSSR count). The van der Waals surface area contributed by atoms with Crippen molar-refractivity contribution >= 4 is 11.7 Å². The molecule has 1 atom stereocenters. The fraction of sp³-hybridized carbons (Fsp3) is 0.364. The third-order valence-corrected chi connectivity index (χ3v) is 5.07. The van der Waals surface area contributed by atoms with E-state index in [1.165, 1.54) is 5.56 Å². The predicted molar refractivity (Wildman–Crippen MR) is 101 cm³/mol. The number of benzene rings is 2. The van der Waals surface area contributed by atoms with Gasteiger partial charge in [0, 0.05) is 31.0 Å². The first-order valence-corrected chi connectivity index (χ1v) is 9.25. The van der Waals surface area contributed by atoms with E-state index in [0.717, 1.165) is 19.3 Å². The van der Waals surface area contributed by atoms with E-state index in [2.05, 4.69) is 0 Å². The molecule has 2 aromatic rings. The van der Waals surface area contributed by atoms with Crippen molar-refractivity contribution in [2.75, 3.05) is 13.1 Å². The van der Waals surface area contributed by atoms with Gasteiger partial charge < -0.3 is 10.0 Å². The molecule has 1 heterocycles. The first-order valence-electron chi connectivity index (χ1n) is 9.25. The Morgan fingerprint density at radius 1 is 1.04 bits per heavy atom. The summed E-state index contributed by atoms with van der Waals surface area (Å²) in [6.07, 6.45) is 3.16. The Labute approximate surface area is 154 Å². The van der Waals surface area contributed by atoms with Crippen molar-refractivity contribution in [3.8, 4) is 5.75 Å². The lowest BCUT2D eigenvalue weighted by molar-refractivity contribution is -0.134. The van der Waals surface area contributed by atoms with Crippen LogP contribution in [0.25, 0.3) is 0 Å². The van der Waals surface area contributed by atoms with E-state index in [0.29, 0.717) is 25.1 Å². The Bertz CT molecular complexity index is 757. The summed E-state index contributed by atoms with van der Waals surface area (Å²) >= 11 is 0. The number of aryl methyl sites for hydroxylation is 1. The number of phenolic OH excluding ortho intramolecular Hbond substituents is 1. The molecule has 0 spiro atoms. The summed E-state index contributed by atoms with van der Waals surface area (Å²) < 4.78 is 0. The molecule has 0 unspecified atom stereocenters. The van der Waals surface area contributed by atoms with Crippen LogP contribution in [0.5, 0.6) is 5.75 Å². The first kappa shape index (κ1) is 18.2. The summed E-state index contributed by atoms with van der Waals surface area (Å²) in [6, 6.07) is 16.9. The molecule has 136 valence electrons. The number of hydrogen-bond acceptors (Lipinski definition) is 3. The fourth-order valence-electron chi connectivity index (χ4n) is 3.52. The molecule has 0 aliphatic carbocycles. The van der Waals surface area contributed by atoms with Gasteiger partial charge in [0.15, 0.2) is 0 Å². The van der Waals surface area contributed by atoms with Gasteiger partial charge in [-0.15, -0.1) is 0 Å². The van der Waals surface area contributed by atoms with Crippen molar-refractivity contribution in [2.24, 2.45) is 5.92 Å².